The summed E-state index contributed by atoms with van der Waals surface area (Å²) in [5.74, 6) is 0.267. The second-order valence-electron chi connectivity index (χ2n) is 6.92. The minimum absolute atomic E-state index is 0.177. The molecule has 0 N–H and O–H groups in total. The highest BCUT2D eigenvalue weighted by Gasteiger charge is 2.60. The van der Waals surface area contributed by atoms with Crippen molar-refractivity contribution in [3.05, 3.63) is 66.2 Å². The summed E-state index contributed by atoms with van der Waals surface area (Å²) in [7, 11) is 0. The van der Waals surface area contributed by atoms with Crippen LogP contribution in [0.3, 0.4) is 0 Å². The molecule has 5 nitrogen and oxygen atoms in total. The van der Waals surface area contributed by atoms with Crippen LogP contribution in [0.1, 0.15) is 5.56 Å². The number of nitrogens with zero attached hydrogens (tertiary/aromatic N) is 1. The molecule has 2 amide bonds. The summed E-state index contributed by atoms with van der Waals surface area (Å²) >= 11 is 0. The Morgan fingerprint density at radius 2 is 1.31 bits per heavy atom. The molecule has 2 saturated heterocycles. The number of amides is 2. The minimum atomic E-state index is -0.388. The zero-order valence-electron chi connectivity index (χ0n) is 14.2. The van der Waals surface area contributed by atoms with Gasteiger partial charge < -0.3 is 9.47 Å². The summed E-state index contributed by atoms with van der Waals surface area (Å²) in [6.45, 7) is 2.02. The van der Waals surface area contributed by atoms with E-state index in [0.29, 0.717) is 11.4 Å². The summed E-state index contributed by atoms with van der Waals surface area (Å²) in [6, 6.07) is 14.8. The molecule has 3 heterocycles. The first-order chi connectivity index (χ1) is 12.6. The minimum Gasteiger partial charge on any atom is -0.457 e. The van der Waals surface area contributed by atoms with Crippen LogP contribution in [0, 0.1) is 18.8 Å². The van der Waals surface area contributed by atoms with Crippen LogP contribution in [0.5, 0.6) is 11.5 Å². The molecule has 3 aliphatic rings. The summed E-state index contributed by atoms with van der Waals surface area (Å²) in [4.78, 5) is 26.8. The lowest BCUT2D eigenvalue weighted by Crippen LogP contribution is -2.34. The maximum Gasteiger partial charge on any atom is 0.240 e. The third-order valence-electron chi connectivity index (χ3n) is 5.26. The smallest absolute Gasteiger partial charge is 0.240 e. The van der Waals surface area contributed by atoms with E-state index in [9.17, 15) is 9.59 Å². The van der Waals surface area contributed by atoms with Crippen LogP contribution in [-0.4, -0.2) is 24.0 Å². The molecule has 26 heavy (non-hydrogen) atoms. The zero-order chi connectivity index (χ0) is 17.8. The molecule has 0 spiro atoms. The summed E-state index contributed by atoms with van der Waals surface area (Å²) in [6.07, 6.45) is 3.24. The molecular formula is C21H17NO4. The maximum atomic E-state index is 12.8. The fourth-order valence-corrected chi connectivity index (χ4v) is 3.96. The van der Waals surface area contributed by atoms with Crippen LogP contribution >= 0.6 is 0 Å². The number of carbonyl (C=O) groups excluding carboxylic acids is 2. The molecule has 2 fully saturated rings. The Morgan fingerprint density at radius 3 is 1.85 bits per heavy atom. The maximum absolute atomic E-state index is 12.8. The molecule has 0 radical (unpaired) electrons. The molecule has 5 rings (SSSR count). The van der Waals surface area contributed by atoms with E-state index in [1.54, 1.807) is 24.3 Å². The lowest BCUT2D eigenvalue weighted by Gasteiger charge is -2.18. The monoisotopic (exact) mass is 347 g/mol. The number of hydrogen-bond donors (Lipinski definition) is 0. The zero-order valence-corrected chi connectivity index (χ0v) is 14.2. The summed E-state index contributed by atoms with van der Waals surface area (Å²) in [5.41, 5.74) is 1.74. The third kappa shape index (κ3) is 2.21. The first-order valence-corrected chi connectivity index (χ1v) is 8.68. The molecule has 2 aromatic carbocycles. The first kappa shape index (κ1) is 15.3. The van der Waals surface area contributed by atoms with Crippen molar-refractivity contribution < 1.29 is 19.1 Å². The topological polar surface area (TPSA) is 55.8 Å². The Kier molecular flexibility index (Phi) is 3.27. The quantitative estimate of drug-likeness (QED) is 0.632. The predicted octanol–water partition coefficient (Wildman–Crippen LogP) is 3.23. The SMILES string of the molecule is Cc1ccc(Oc2ccc(N3C(=O)C4C5C=CC(O5)C4C3=O)cc2)cc1. The van der Waals surface area contributed by atoms with E-state index in [2.05, 4.69) is 0 Å². The Balaban J connectivity index is 1.37. The van der Waals surface area contributed by atoms with Gasteiger partial charge in [-0.3, -0.25) is 9.59 Å². The van der Waals surface area contributed by atoms with Crippen molar-refractivity contribution in [1.29, 1.82) is 0 Å². The molecule has 0 saturated carbocycles. The predicted molar refractivity (Wildman–Crippen MR) is 95.0 cm³/mol. The second kappa shape index (κ2) is 5.54. The van der Waals surface area contributed by atoms with Gasteiger partial charge in [0.1, 0.15) is 11.5 Å². The van der Waals surface area contributed by atoms with E-state index in [1.807, 2.05) is 43.3 Å². The van der Waals surface area contributed by atoms with E-state index in [4.69, 9.17) is 9.47 Å². The fraction of sp³-hybridized carbons (Fsp3) is 0.238. The number of fused-ring (bicyclic) bond motifs is 5. The van der Waals surface area contributed by atoms with Gasteiger partial charge in [-0.05, 0) is 43.3 Å². The van der Waals surface area contributed by atoms with Crippen LogP contribution in [0.25, 0.3) is 0 Å². The molecule has 2 bridgehead atoms. The molecule has 4 unspecified atom stereocenters. The van der Waals surface area contributed by atoms with Gasteiger partial charge in [0, 0.05) is 0 Å². The first-order valence-electron chi connectivity index (χ1n) is 8.68. The van der Waals surface area contributed by atoms with Gasteiger partial charge >= 0.3 is 0 Å². The lowest BCUT2D eigenvalue weighted by molar-refractivity contribution is -0.124. The number of rotatable bonds is 3. The van der Waals surface area contributed by atoms with Crippen molar-refractivity contribution in [3.63, 3.8) is 0 Å². The van der Waals surface area contributed by atoms with Crippen molar-refractivity contribution in [1.82, 2.24) is 0 Å². The number of imide groups is 1. The van der Waals surface area contributed by atoms with Gasteiger partial charge in [-0.15, -0.1) is 0 Å². The van der Waals surface area contributed by atoms with E-state index in [0.717, 1.165) is 11.3 Å². The van der Waals surface area contributed by atoms with Crippen molar-refractivity contribution in [2.75, 3.05) is 4.90 Å². The molecular weight excluding hydrogens is 330 g/mol. The Labute approximate surface area is 150 Å². The van der Waals surface area contributed by atoms with Crippen LogP contribution in [0.15, 0.2) is 60.7 Å². The van der Waals surface area contributed by atoms with Gasteiger partial charge in [0.25, 0.3) is 0 Å². The summed E-state index contributed by atoms with van der Waals surface area (Å²) in [5, 5.41) is 0. The van der Waals surface area contributed by atoms with Crippen LogP contribution in [0.4, 0.5) is 5.69 Å². The molecule has 130 valence electrons. The van der Waals surface area contributed by atoms with E-state index < -0.39 is 0 Å². The fourth-order valence-electron chi connectivity index (χ4n) is 3.96. The highest BCUT2D eigenvalue weighted by molar-refractivity contribution is 6.23. The Bertz CT molecular complexity index is 886. The molecule has 0 aliphatic carbocycles. The number of aryl methyl sites for hydroxylation is 1. The van der Waals surface area contributed by atoms with Gasteiger partial charge in [0.15, 0.2) is 0 Å². The molecule has 0 aromatic heterocycles. The standard InChI is InChI=1S/C21H17NO4/c1-12-2-6-14(7-3-12)25-15-8-4-13(5-9-15)22-20(23)18-16-10-11-17(26-16)19(18)21(22)24/h2-11,16-19H,1H3. The molecule has 5 heteroatoms. The van der Waals surface area contributed by atoms with Gasteiger partial charge in [-0.2, -0.15) is 0 Å². The Hall–Kier alpha value is -2.92. The largest absolute Gasteiger partial charge is 0.457 e. The van der Waals surface area contributed by atoms with Gasteiger partial charge in [0.2, 0.25) is 11.8 Å². The average molecular weight is 347 g/mol. The van der Waals surface area contributed by atoms with Gasteiger partial charge in [0.05, 0.1) is 29.7 Å². The van der Waals surface area contributed by atoms with Crippen molar-refractivity contribution in [2.45, 2.75) is 19.1 Å². The molecule has 3 aliphatic heterocycles. The molecule has 4 atom stereocenters. The van der Waals surface area contributed by atoms with E-state index in [-0.39, 0.29) is 35.9 Å². The van der Waals surface area contributed by atoms with Crippen LogP contribution in [0.2, 0.25) is 0 Å². The number of carbonyl (C=O) groups is 2. The van der Waals surface area contributed by atoms with Crippen LogP contribution < -0.4 is 9.64 Å². The Morgan fingerprint density at radius 1 is 0.808 bits per heavy atom. The highest BCUT2D eigenvalue weighted by Crippen LogP contribution is 2.46. The number of benzene rings is 2. The van der Waals surface area contributed by atoms with Crippen LogP contribution in [-0.2, 0) is 14.3 Å². The van der Waals surface area contributed by atoms with Gasteiger partial charge in [-0.25, -0.2) is 4.90 Å². The third-order valence-corrected chi connectivity index (χ3v) is 5.26. The number of hydrogen-bond acceptors (Lipinski definition) is 4. The highest BCUT2D eigenvalue weighted by atomic mass is 16.5. The van der Waals surface area contributed by atoms with Crippen molar-refractivity contribution in [3.8, 4) is 11.5 Å². The number of anilines is 1. The average Bonchev–Trinajstić information content (AvgIpc) is 3.32. The normalized spacial score (nSPS) is 28.7. The molecule has 2 aromatic rings. The van der Waals surface area contributed by atoms with Crippen molar-refractivity contribution in [2.24, 2.45) is 11.8 Å². The van der Waals surface area contributed by atoms with E-state index >= 15 is 0 Å². The lowest BCUT2D eigenvalue weighted by atomic mass is 9.85. The van der Waals surface area contributed by atoms with E-state index in [1.165, 1.54) is 4.90 Å². The van der Waals surface area contributed by atoms with Gasteiger partial charge in [-0.1, -0.05) is 29.8 Å². The number of ether oxygens (including phenoxy) is 2. The second-order valence-corrected chi connectivity index (χ2v) is 6.92. The van der Waals surface area contributed by atoms with Crippen molar-refractivity contribution >= 4 is 17.5 Å². The summed E-state index contributed by atoms with van der Waals surface area (Å²) < 4.78 is 11.5.